The van der Waals surface area contributed by atoms with Gasteiger partial charge in [-0.3, -0.25) is 4.79 Å². The Kier molecular flexibility index (Phi) is 4.23. The molecule has 0 unspecified atom stereocenters. The molecule has 0 spiro atoms. The number of nitrogens with one attached hydrogen (secondary N) is 1. The summed E-state index contributed by atoms with van der Waals surface area (Å²) in [5.41, 5.74) is 3.02. The van der Waals surface area contributed by atoms with E-state index in [9.17, 15) is 9.59 Å². The zero-order valence-corrected chi connectivity index (χ0v) is 9.96. The summed E-state index contributed by atoms with van der Waals surface area (Å²) in [6.45, 7) is 5.46. The van der Waals surface area contributed by atoms with Crippen LogP contribution in [0, 0.1) is 13.8 Å². The Morgan fingerprint density at radius 3 is 2.12 bits per heavy atom. The van der Waals surface area contributed by atoms with E-state index in [-0.39, 0.29) is 18.1 Å². The average molecular weight is 219 g/mol. The van der Waals surface area contributed by atoms with Gasteiger partial charge in [-0.25, -0.2) is 0 Å². The molecule has 0 aliphatic carbocycles. The number of hydrogen-bond donors (Lipinski definition) is 1. The molecule has 1 aromatic carbocycles. The van der Waals surface area contributed by atoms with Gasteiger partial charge in [0.1, 0.15) is 5.78 Å². The molecule has 0 atom stereocenters. The standard InChI is InChI=1S/C13H17NO2/c1-9-6-10(2)8-12(7-9)14-13(16)5-4-11(3)15/h6-8H,4-5H2,1-3H3,(H,14,16). The van der Waals surface area contributed by atoms with Gasteiger partial charge in [-0.05, 0) is 44.0 Å². The lowest BCUT2D eigenvalue weighted by Gasteiger charge is -2.06. The van der Waals surface area contributed by atoms with Crippen LogP contribution < -0.4 is 5.32 Å². The summed E-state index contributed by atoms with van der Waals surface area (Å²) >= 11 is 0. The van der Waals surface area contributed by atoms with Gasteiger partial charge in [-0.15, -0.1) is 0 Å². The molecule has 0 aliphatic heterocycles. The zero-order chi connectivity index (χ0) is 12.1. The molecule has 3 nitrogen and oxygen atoms in total. The second-order valence-corrected chi connectivity index (χ2v) is 4.13. The summed E-state index contributed by atoms with van der Waals surface area (Å²) in [6.07, 6.45) is 0.555. The molecule has 86 valence electrons. The van der Waals surface area contributed by atoms with E-state index in [1.54, 1.807) is 0 Å². The van der Waals surface area contributed by atoms with Crippen molar-refractivity contribution in [2.45, 2.75) is 33.6 Å². The van der Waals surface area contributed by atoms with Gasteiger partial charge < -0.3 is 10.1 Å². The predicted octanol–water partition coefficient (Wildman–Crippen LogP) is 2.61. The summed E-state index contributed by atoms with van der Waals surface area (Å²) in [7, 11) is 0. The van der Waals surface area contributed by atoms with Gasteiger partial charge in [0, 0.05) is 18.5 Å². The molecule has 0 fully saturated rings. The summed E-state index contributed by atoms with van der Waals surface area (Å²) < 4.78 is 0. The molecule has 1 amide bonds. The Balaban J connectivity index is 2.59. The SMILES string of the molecule is CC(=O)CCC(=O)Nc1cc(C)cc(C)c1. The van der Waals surface area contributed by atoms with Gasteiger partial charge in [0.25, 0.3) is 0 Å². The number of anilines is 1. The van der Waals surface area contributed by atoms with Crippen LogP contribution in [-0.2, 0) is 9.59 Å². The van der Waals surface area contributed by atoms with Crippen LogP contribution in [0.5, 0.6) is 0 Å². The fraction of sp³-hybridized carbons (Fsp3) is 0.385. The molecule has 0 saturated carbocycles. The lowest BCUT2D eigenvalue weighted by Crippen LogP contribution is -2.12. The van der Waals surface area contributed by atoms with Crippen molar-refractivity contribution >= 4 is 17.4 Å². The van der Waals surface area contributed by atoms with Crippen LogP contribution in [0.3, 0.4) is 0 Å². The molecule has 1 N–H and O–H groups in total. The van der Waals surface area contributed by atoms with E-state index < -0.39 is 0 Å². The molecule has 0 bridgehead atoms. The normalized spacial score (nSPS) is 9.94. The minimum absolute atomic E-state index is 0.0376. The first-order valence-corrected chi connectivity index (χ1v) is 5.35. The van der Waals surface area contributed by atoms with E-state index in [1.165, 1.54) is 6.92 Å². The average Bonchev–Trinajstić information content (AvgIpc) is 2.12. The molecule has 16 heavy (non-hydrogen) atoms. The minimum atomic E-state index is -0.111. The number of amides is 1. The van der Waals surface area contributed by atoms with Crippen molar-refractivity contribution < 1.29 is 9.59 Å². The number of rotatable bonds is 4. The Hall–Kier alpha value is -1.64. The first-order chi connectivity index (χ1) is 7.47. The van der Waals surface area contributed by atoms with Gasteiger partial charge in [0.05, 0.1) is 0 Å². The number of carbonyl (C=O) groups is 2. The summed E-state index contributed by atoms with van der Waals surface area (Å²) in [5.74, 6) is -0.0734. The highest BCUT2D eigenvalue weighted by Gasteiger charge is 2.04. The summed E-state index contributed by atoms with van der Waals surface area (Å²) in [4.78, 5) is 22.2. The fourth-order valence-electron chi connectivity index (χ4n) is 1.56. The maximum atomic E-state index is 11.5. The van der Waals surface area contributed by atoms with Crippen molar-refractivity contribution in [1.29, 1.82) is 0 Å². The minimum Gasteiger partial charge on any atom is -0.326 e. The summed E-state index contributed by atoms with van der Waals surface area (Å²) in [5, 5.41) is 2.79. The quantitative estimate of drug-likeness (QED) is 0.846. The van der Waals surface area contributed by atoms with Gasteiger partial charge in [0.15, 0.2) is 0 Å². The Morgan fingerprint density at radius 2 is 1.62 bits per heavy atom. The van der Waals surface area contributed by atoms with Gasteiger partial charge >= 0.3 is 0 Å². The highest BCUT2D eigenvalue weighted by atomic mass is 16.2. The molecule has 0 heterocycles. The van der Waals surface area contributed by atoms with Gasteiger partial charge in [-0.1, -0.05) is 6.07 Å². The van der Waals surface area contributed by atoms with Crippen molar-refractivity contribution in [3.8, 4) is 0 Å². The van der Waals surface area contributed by atoms with Crippen LogP contribution >= 0.6 is 0 Å². The van der Waals surface area contributed by atoms with E-state index in [1.807, 2.05) is 32.0 Å². The van der Waals surface area contributed by atoms with Gasteiger partial charge in [-0.2, -0.15) is 0 Å². The zero-order valence-electron chi connectivity index (χ0n) is 9.96. The second-order valence-electron chi connectivity index (χ2n) is 4.13. The number of carbonyl (C=O) groups excluding carboxylic acids is 2. The van der Waals surface area contributed by atoms with Crippen molar-refractivity contribution in [3.63, 3.8) is 0 Å². The predicted molar refractivity (Wildman–Crippen MR) is 64.5 cm³/mol. The Labute approximate surface area is 95.9 Å². The third-order valence-corrected chi connectivity index (χ3v) is 2.21. The maximum absolute atomic E-state index is 11.5. The second kappa shape index (κ2) is 5.45. The number of hydrogen-bond acceptors (Lipinski definition) is 2. The molecule has 0 aliphatic rings. The third-order valence-electron chi connectivity index (χ3n) is 2.21. The highest BCUT2D eigenvalue weighted by molar-refractivity contribution is 5.93. The van der Waals surface area contributed by atoms with E-state index in [4.69, 9.17) is 0 Å². The number of Topliss-reactive ketones (excluding diaryl/α,β-unsaturated/α-hetero) is 1. The molecular formula is C13H17NO2. The smallest absolute Gasteiger partial charge is 0.224 e. The largest absolute Gasteiger partial charge is 0.326 e. The summed E-state index contributed by atoms with van der Waals surface area (Å²) in [6, 6.07) is 5.88. The van der Waals surface area contributed by atoms with Crippen LogP contribution in [0.25, 0.3) is 0 Å². The number of benzene rings is 1. The van der Waals surface area contributed by atoms with Crippen LogP contribution in [0.2, 0.25) is 0 Å². The highest BCUT2D eigenvalue weighted by Crippen LogP contribution is 2.14. The van der Waals surface area contributed by atoms with E-state index in [0.717, 1.165) is 16.8 Å². The van der Waals surface area contributed by atoms with Gasteiger partial charge in [0.2, 0.25) is 5.91 Å². The van der Waals surface area contributed by atoms with Crippen molar-refractivity contribution in [2.24, 2.45) is 0 Å². The molecule has 0 saturated heterocycles. The van der Waals surface area contributed by atoms with E-state index >= 15 is 0 Å². The van der Waals surface area contributed by atoms with Crippen molar-refractivity contribution in [3.05, 3.63) is 29.3 Å². The Morgan fingerprint density at radius 1 is 1.06 bits per heavy atom. The molecule has 1 aromatic rings. The van der Waals surface area contributed by atoms with Crippen LogP contribution in [-0.4, -0.2) is 11.7 Å². The molecule has 3 heteroatoms. The lowest BCUT2D eigenvalue weighted by molar-refractivity contribution is -0.121. The molecule has 0 radical (unpaired) electrons. The first-order valence-electron chi connectivity index (χ1n) is 5.35. The maximum Gasteiger partial charge on any atom is 0.224 e. The third kappa shape index (κ3) is 4.26. The number of aryl methyl sites for hydroxylation is 2. The van der Waals surface area contributed by atoms with Crippen LogP contribution in [0.4, 0.5) is 5.69 Å². The van der Waals surface area contributed by atoms with Crippen molar-refractivity contribution in [2.75, 3.05) is 5.32 Å². The molecule has 0 aromatic heterocycles. The Bertz CT molecular complexity index is 390. The van der Waals surface area contributed by atoms with E-state index in [2.05, 4.69) is 5.32 Å². The topological polar surface area (TPSA) is 46.2 Å². The molecular weight excluding hydrogens is 202 g/mol. The van der Waals surface area contributed by atoms with Crippen LogP contribution in [0.15, 0.2) is 18.2 Å². The monoisotopic (exact) mass is 219 g/mol. The molecule has 1 rings (SSSR count). The first kappa shape index (κ1) is 12.4. The van der Waals surface area contributed by atoms with Crippen molar-refractivity contribution in [1.82, 2.24) is 0 Å². The lowest BCUT2D eigenvalue weighted by atomic mass is 10.1. The van der Waals surface area contributed by atoms with E-state index in [0.29, 0.717) is 6.42 Å². The van der Waals surface area contributed by atoms with Crippen LogP contribution in [0.1, 0.15) is 30.9 Å². The number of ketones is 1. The fourth-order valence-corrected chi connectivity index (χ4v) is 1.56.